The number of allylic oxidation sites excluding steroid dienone is 10. The highest BCUT2D eigenvalue weighted by atomic mass is 16.6. The van der Waals surface area contributed by atoms with Gasteiger partial charge in [0.25, 0.3) is 0 Å². The highest BCUT2D eigenvalue weighted by molar-refractivity contribution is 5.71. The molecule has 0 amide bonds. The molecule has 6 heteroatoms. The molecule has 0 radical (unpaired) electrons. The van der Waals surface area contributed by atoms with E-state index in [0.717, 1.165) is 83.5 Å². The van der Waals surface area contributed by atoms with Crippen LogP contribution in [0.15, 0.2) is 60.8 Å². The fourth-order valence-corrected chi connectivity index (χ4v) is 9.72. The summed E-state index contributed by atoms with van der Waals surface area (Å²) in [6, 6.07) is 0. The van der Waals surface area contributed by atoms with E-state index in [-0.39, 0.29) is 31.1 Å². The zero-order chi connectivity index (χ0) is 55.0. The van der Waals surface area contributed by atoms with E-state index in [4.69, 9.17) is 14.2 Å². The second-order valence-corrected chi connectivity index (χ2v) is 22.4. The van der Waals surface area contributed by atoms with Gasteiger partial charge >= 0.3 is 17.9 Å². The van der Waals surface area contributed by atoms with Crippen LogP contribution in [0.5, 0.6) is 0 Å². The Kier molecular flexibility index (Phi) is 62.2. The van der Waals surface area contributed by atoms with Gasteiger partial charge in [-0.05, 0) is 89.9 Å². The highest BCUT2D eigenvalue weighted by Gasteiger charge is 2.19. The smallest absolute Gasteiger partial charge is 0.306 e. The molecule has 0 aromatic rings. The van der Waals surface area contributed by atoms with Crippen LogP contribution < -0.4 is 0 Å². The Labute approximate surface area is 472 Å². The Morgan fingerprint density at radius 1 is 0.263 bits per heavy atom. The van der Waals surface area contributed by atoms with Crippen molar-refractivity contribution < 1.29 is 28.6 Å². The third-order valence-corrected chi connectivity index (χ3v) is 14.7. The average Bonchev–Trinajstić information content (AvgIpc) is 3.42. The number of hydrogen-bond donors (Lipinski definition) is 0. The van der Waals surface area contributed by atoms with Crippen LogP contribution in [0, 0.1) is 0 Å². The van der Waals surface area contributed by atoms with Crippen molar-refractivity contribution in [1.82, 2.24) is 0 Å². The molecule has 0 aromatic heterocycles. The van der Waals surface area contributed by atoms with Crippen LogP contribution in [0.2, 0.25) is 0 Å². The van der Waals surface area contributed by atoms with Crippen LogP contribution in [0.25, 0.3) is 0 Å². The number of carbonyl (C=O) groups excluding carboxylic acids is 3. The normalized spacial score (nSPS) is 12.4. The lowest BCUT2D eigenvalue weighted by Crippen LogP contribution is -2.30. The van der Waals surface area contributed by atoms with E-state index in [1.807, 2.05) is 0 Å². The van der Waals surface area contributed by atoms with Gasteiger partial charge in [-0.25, -0.2) is 0 Å². The van der Waals surface area contributed by atoms with Crippen LogP contribution in [-0.4, -0.2) is 37.2 Å². The van der Waals surface area contributed by atoms with Crippen LogP contribution in [0.3, 0.4) is 0 Å². The molecule has 0 saturated heterocycles. The van der Waals surface area contributed by atoms with Crippen LogP contribution in [0.4, 0.5) is 0 Å². The maximum absolute atomic E-state index is 12.9. The Balaban J connectivity index is 4.24. The first kappa shape index (κ1) is 73.1. The molecule has 0 aliphatic rings. The maximum atomic E-state index is 12.9. The molecular formula is C70H126O6. The molecule has 0 aliphatic carbocycles. The fraction of sp³-hybridized carbons (Fsp3) is 0.814. The summed E-state index contributed by atoms with van der Waals surface area (Å²) in [5.74, 6) is -0.870. The molecule has 0 bridgehead atoms. The van der Waals surface area contributed by atoms with Gasteiger partial charge < -0.3 is 14.2 Å². The zero-order valence-corrected chi connectivity index (χ0v) is 50.8. The largest absolute Gasteiger partial charge is 0.462 e. The number of rotatable bonds is 61. The molecule has 0 saturated carbocycles. The lowest BCUT2D eigenvalue weighted by molar-refractivity contribution is -0.167. The molecule has 76 heavy (non-hydrogen) atoms. The van der Waals surface area contributed by atoms with Crippen molar-refractivity contribution in [2.24, 2.45) is 0 Å². The third kappa shape index (κ3) is 62.0. The Morgan fingerprint density at radius 2 is 0.474 bits per heavy atom. The summed E-state index contributed by atoms with van der Waals surface area (Å²) in [5.41, 5.74) is 0. The van der Waals surface area contributed by atoms with Crippen molar-refractivity contribution in [1.29, 1.82) is 0 Å². The minimum absolute atomic E-state index is 0.0757. The lowest BCUT2D eigenvalue weighted by Gasteiger charge is -2.18. The van der Waals surface area contributed by atoms with Gasteiger partial charge in [-0.3, -0.25) is 14.4 Å². The summed E-state index contributed by atoms with van der Waals surface area (Å²) in [7, 11) is 0. The van der Waals surface area contributed by atoms with Crippen LogP contribution in [0.1, 0.15) is 348 Å². The monoisotopic (exact) mass is 1060 g/mol. The number of ether oxygens (including phenoxy) is 3. The van der Waals surface area contributed by atoms with E-state index in [2.05, 4.69) is 81.5 Å². The molecule has 0 aliphatic heterocycles. The Bertz CT molecular complexity index is 1360. The minimum atomic E-state index is -0.780. The molecule has 1 atom stereocenters. The first-order valence-corrected chi connectivity index (χ1v) is 33.3. The molecule has 6 nitrogen and oxygen atoms in total. The second-order valence-electron chi connectivity index (χ2n) is 22.4. The van der Waals surface area contributed by atoms with E-state index < -0.39 is 6.10 Å². The quantitative estimate of drug-likeness (QED) is 0.0261. The van der Waals surface area contributed by atoms with Gasteiger partial charge in [-0.15, -0.1) is 0 Å². The molecule has 0 spiro atoms. The molecular weight excluding hydrogens is 937 g/mol. The summed E-state index contributed by atoms with van der Waals surface area (Å²) in [6.07, 6.45) is 82.3. The van der Waals surface area contributed by atoms with E-state index in [1.165, 1.54) is 225 Å². The summed E-state index contributed by atoms with van der Waals surface area (Å²) in [4.78, 5) is 38.3. The van der Waals surface area contributed by atoms with E-state index in [9.17, 15) is 14.4 Å². The molecule has 0 aromatic carbocycles. The zero-order valence-electron chi connectivity index (χ0n) is 50.8. The van der Waals surface area contributed by atoms with Gasteiger partial charge in [0.2, 0.25) is 0 Å². The predicted octanol–water partition coefficient (Wildman–Crippen LogP) is 22.7. The summed E-state index contributed by atoms with van der Waals surface area (Å²) in [6.45, 7) is 6.63. The topological polar surface area (TPSA) is 78.9 Å². The van der Waals surface area contributed by atoms with Crippen molar-refractivity contribution in [3.63, 3.8) is 0 Å². The van der Waals surface area contributed by atoms with E-state index in [1.54, 1.807) is 0 Å². The number of carbonyl (C=O) groups is 3. The molecule has 0 fully saturated rings. The molecule has 1 unspecified atom stereocenters. The molecule has 442 valence electrons. The maximum Gasteiger partial charge on any atom is 0.306 e. The average molecular weight is 1060 g/mol. The lowest BCUT2D eigenvalue weighted by atomic mass is 10.0. The van der Waals surface area contributed by atoms with Gasteiger partial charge in [-0.1, -0.05) is 300 Å². The van der Waals surface area contributed by atoms with Crippen molar-refractivity contribution in [2.45, 2.75) is 354 Å². The minimum Gasteiger partial charge on any atom is -0.462 e. The second kappa shape index (κ2) is 64.6. The molecule has 0 N–H and O–H groups in total. The number of hydrogen-bond acceptors (Lipinski definition) is 6. The highest BCUT2D eigenvalue weighted by Crippen LogP contribution is 2.17. The molecule has 0 rings (SSSR count). The summed E-state index contributed by atoms with van der Waals surface area (Å²) in [5, 5.41) is 0. The van der Waals surface area contributed by atoms with Crippen molar-refractivity contribution in [3.05, 3.63) is 60.8 Å². The van der Waals surface area contributed by atoms with Crippen molar-refractivity contribution in [2.75, 3.05) is 13.2 Å². The van der Waals surface area contributed by atoms with Gasteiger partial charge in [-0.2, -0.15) is 0 Å². The van der Waals surface area contributed by atoms with Gasteiger partial charge in [0.15, 0.2) is 6.10 Å². The Morgan fingerprint density at radius 3 is 0.763 bits per heavy atom. The first-order valence-electron chi connectivity index (χ1n) is 33.3. The molecule has 0 heterocycles. The van der Waals surface area contributed by atoms with Gasteiger partial charge in [0, 0.05) is 19.3 Å². The standard InChI is InChI=1S/C70H126O6/c1-4-7-10-13-16-19-22-25-27-29-31-32-33-34-35-36-37-38-40-41-43-45-48-51-54-57-60-63-69(72)75-66-67(65-74-68(71)62-59-56-53-50-47-24-21-18-15-12-9-6-3)76-70(73)64-61-58-55-52-49-46-44-42-39-30-28-26-23-20-17-14-11-8-5-2/h17,20,22,25-26,28-29,31,39,42,67H,4-16,18-19,21,23-24,27,30,32-38,40-41,43-66H2,1-3H3/b20-17-,25-22-,28-26-,31-29-,42-39-. The first-order chi connectivity index (χ1) is 37.5. The summed E-state index contributed by atoms with van der Waals surface area (Å²) >= 11 is 0. The number of unbranched alkanes of at least 4 members (excludes halogenated alkanes) is 40. The van der Waals surface area contributed by atoms with Gasteiger partial charge in [0.1, 0.15) is 13.2 Å². The van der Waals surface area contributed by atoms with E-state index >= 15 is 0 Å². The number of esters is 3. The SMILES string of the molecule is CCCCC/C=C\C/C=C\C/C=C\CCCCCCCCC(=O)OC(COC(=O)CCCCCCCCCCCCCC)COC(=O)CCCCCCCCCCCCCCCCC/C=C\C/C=C\CCCCCCC. The van der Waals surface area contributed by atoms with Gasteiger partial charge in [0.05, 0.1) is 0 Å². The third-order valence-electron chi connectivity index (χ3n) is 14.7. The van der Waals surface area contributed by atoms with Crippen molar-refractivity contribution >= 4 is 17.9 Å². The van der Waals surface area contributed by atoms with E-state index in [0.29, 0.717) is 19.3 Å². The predicted molar refractivity (Wildman–Crippen MR) is 330 cm³/mol. The Hall–Kier alpha value is -2.89. The van der Waals surface area contributed by atoms with Crippen LogP contribution in [-0.2, 0) is 28.6 Å². The van der Waals surface area contributed by atoms with Crippen LogP contribution >= 0.6 is 0 Å². The van der Waals surface area contributed by atoms with Crippen molar-refractivity contribution in [3.8, 4) is 0 Å². The fourth-order valence-electron chi connectivity index (χ4n) is 9.72. The summed E-state index contributed by atoms with van der Waals surface area (Å²) < 4.78 is 16.9.